The van der Waals surface area contributed by atoms with Crippen LogP contribution in [0.2, 0.25) is 0 Å². The summed E-state index contributed by atoms with van der Waals surface area (Å²) < 4.78 is 5.01. The van der Waals surface area contributed by atoms with Gasteiger partial charge in [0, 0.05) is 18.0 Å². The number of hydrogen-bond donors (Lipinski definition) is 2. The Morgan fingerprint density at radius 1 is 1.35 bits per heavy atom. The average molecular weight is 342 g/mol. The van der Waals surface area contributed by atoms with E-state index < -0.39 is 0 Å². The number of nitrogens with two attached hydrogens (primary N) is 1. The van der Waals surface area contributed by atoms with Crippen molar-refractivity contribution in [3.8, 4) is 11.5 Å². The molecule has 0 saturated heterocycles. The summed E-state index contributed by atoms with van der Waals surface area (Å²) in [5.41, 5.74) is 6.78. The molecule has 0 fully saturated rings. The third-order valence-electron chi connectivity index (χ3n) is 2.41. The quantitative estimate of drug-likeness (QED) is 0.664. The minimum absolute atomic E-state index is 0.0474. The summed E-state index contributed by atoms with van der Waals surface area (Å²) in [5, 5.41) is 9.87. The zero-order chi connectivity index (χ0) is 15.0. The van der Waals surface area contributed by atoms with Crippen molar-refractivity contribution in [3.63, 3.8) is 0 Å². The number of methoxy groups -OCH3 is 1. The van der Waals surface area contributed by atoms with Crippen LogP contribution < -0.4 is 10.5 Å². The zero-order valence-electron chi connectivity index (χ0n) is 10.5. The van der Waals surface area contributed by atoms with Gasteiger partial charge < -0.3 is 15.6 Å². The van der Waals surface area contributed by atoms with Crippen LogP contribution >= 0.6 is 10.1 Å². The topological polar surface area (TPSA) is 80.7 Å². The van der Waals surface area contributed by atoms with Crippen LogP contribution in [0.3, 0.4) is 0 Å². The van der Waals surface area contributed by atoms with E-state index in [1.807, 2.05) is 0 Å². The molecular weight excluding hydrogens is 329 g/mol. The summed E-state index contributed by atoms with van der Waals surface area (Å²) >= 11 is 3.66. The number of aromatic nitrogens is 1. The van der Waals surface area contributed by atoms with Gasteiger partial charge in [-0.05, 0) is 24.3 Å². The van der Waals surface area contributed by atoms with Crippen LogP contribution in [0.15, 0.2) is 41.5 Å². The maximum absolute atomic E-state index is 9.87. The minimum atomic E-state index is 0.0474. The molecule has 0 radical (unpaired) electrons. The number of nitrogens with zero attached hydrogens (tertiary/aromatic N) is 2. The number of aromatic hydroxyl groups is 1. The number of ether oxygens (including phenoxy) is 1. The van der Waals surface area contributed by atoms with Crippen molar-refractivity contribution in [2.24, 2.45) is 4.99 Å². The number of aliphatic imine (C=N–C) groups is 1. The first-order chi connectivity index (χ1) is 9.72. The molecule has 7 heteroatoms. The monoisotopic (exact) mass is 341 g/mol. The van der Waals surface area contributed by atoms with Crippen LogP contribution in [0.1, 0.15) is 5.56 Å². The maximum atomic E-state index is 9.87. The molecule has 0 aliphatic rings. The van der Waals surface area contributed by atoms with E-state index in [-0.39, 0.29) is 5.75 Å². The summed E-state index contributed by atoms with van der Waals surface area (Å²) in [6, 6.07) is 8.66. The molecule has 3 N–H and O–H groups in total. The Morgan fingerprint density at radius 2 is 2.10 bits per heavy atom. The van der Waals surface area contributed by atoms with Crippen molar-refractivity contribution in [2.45, 2.75) is 0 Å². The van der Waals surface area contributed by atoms with Crippen molar-refractivity contribution < 1.29 is 24.9 Å². The van der Waals surface area contributed by atoms with Gasteiger partial charge in [0.05, 0.1) is 7.11 Å². The predicted molar refractivity (Wildman–Crippen MR) is 76.4 cm³/mol. The Labute approximate surface area is 129 Å². The first kappa shape index (κ1) is 16.3. The molecule has 1 aromatic carbocycles. The third-order valence-corrected chi connectivity index (χ3v) is 2.41. The van der Waals surface area contributed by atoms with Crippen LogP contribution in [0.4, 0.5) is 11.5 Å². The van der Waals surface area contributed by atoms with E-state index in [1.54, 1.807) is 36.5 Å². The van der Waals surface area contributed by atoms with Crippen LogP contribution in [0.25, 0.3) is 0 Å². The fraction of sp³-hybridized carbons (Fsp3) is 0.0769. The third kappa shape index (κ3) is 4.13. The first-order valence-corrected chi connectivity index (χ1v) is 6.74. The number of anilines is 1. The molecule has 1 aromatic heterocycles. The van der Waals surface area contributed by atoms with Gasteiger partial charge in [-0.2, -0.15) is 0 Å². The van der Waals surface area contributed by atoms with Gasteiger partial charge in [-0.15, -0.1) is 0 Å². The van der Waals surface area contributed by atoms with E-state index in [4.69, 9.17) is 10.5 Å². The Kier molecular flexibility index (Phi) is 6.87. The molecule has 110 valence electrons. The van der Waals surface area contributed by atoms with Crippen molar-refractivity contribution >= 4 is 27.8 Å². The van der Waals surface area contributed by atoms with Gasteiger partial charge in [-0.1, -0.05) is 6.07 Å². The SMILES string of the molecule is COc1cccc(C=Nc2cccnc2N)c1O.[Cl][Cu]. The second kappa shape index (κ2) is 8.43. The number of halogens is 1. The standard InChI is InChI=1S/C13H13N3O2.ClH.Cu/c1-18-11-6-2-4-9(12(11)17)8-16-10-5-3-7-15-13(10)14;;/h2-8,17H,1H3,(H2,14,15);1H;/q;;+1/p-1. The molecule has 5 nitrogen and oxygen atoms in total. The Bertz CT molecular complexity index is 594. The average Bonchev–Trinajstić information content (AvgIpc) is 2.50. The molecule has 0 saturated carbocycles. The van der Waals surface area contributed by atoms with Crippen molar-refractivity contribution in [2.75, 3.05) is 12.8 Å². The predicted octanol–water partition coefficient (Wildman–Crippen LogP) is 2.82. The number of benzene rings is 1. The second-order valence-corrected chi connectivity index (χ2v) is 3.56. The molecular formula is C13H13ClCuN3O2. The van der Waals surface area contributed by atoms with Crippen LogP contribution in [0, 0.1) is 0 Å². The first-order valence-electron chi connectivity index (χ1n) is 5.44. The molecule has 0 bridgehead atoms. The summed E-state index contributed by atoms with van der Waals surface area (Å²) in [5.74, 6) is 0.792. The number of pyridine rings is 1. The van der Waals surface area contributed by atoms with E-state index in [2.05, 4.69) is 35.2 Å². The number of phenols is 1. The molecule has 0 unspecified atom stereocenters. The number of phenolic OH excluding ortho intramolecular Hbond substituents is 1. The molecule has 2 aromatic rings. The Hall–Kier alpha value is -1.75. The fourth-order valence-corrected chi connectivity index (χ4v) is 1.47. The molecule has 0 spiro atoms. The number of rotatable bonds is 3. The van der Waals surface area contributed by atoms with Crippen molar-refractivity contribution in [3.05, 3.63) is 42.1 Å². The van der Waals surface area contributed by atoms with Crippen LogP contribution in [-0.2, 0) is 15.1 Å². The molecule has 0 atom stereocenters. The molecule has 0 amide bonds. The van der Waals surface area contributed by atoms with Gasteiger partial charge in [0.1, 0.15) is 11.5 Å². The van der Waals surface area contributed by atoms with Gasteiger partial charge in [0.2, 0.25) is 0 Å². The summed E-state index contributed by atoms with van der Waals surface area (Å²) in [6.45, 7) is 0. The van der Waals surface area contributed by atoms with E-state index in [0.29, 0.717) is 22.8 Å². The second-order valence-electron chi connectivity index (χ2n) is 3.56. The van der Waals surface area contributed by atoms with Crippen molar-refractivity contribution in [1.82, 2.24) is 4.98 Å². The number of para-hydroxylation sites is 1. The normalized spacial score (nSPS) is 10.0. The van der Waals surface area contributed by atoms with E-state index in [9.17, 15) is 5.11 Å². The van der Waals surface area contributed by atoms with E-state index >= 15 is 0 Å². The van der Waals surface area contributed by atoms with Crippen LogP contribution in [0.5, 0.6) is 11.5 Å². The van der Waals surface area contributed by atoms with Crippen molar-refractivity contribution in [1.29, 1.82) is 0 Å². The summed E-state index contributed by atoms with van der Waals surface area (Å²) in [4.78, 5) is 8.11. The van der Waals surface area contributed by atoms with E-state index in [1.165, 1.54) is 13.3 Å². The molecule has 2 rings (SSSR count). The van der Waals surface area contributed by atoms with Gasteiger partial charge in [0.25, 0.3) is 0 Å². The molecule has 0 aliphatic heterocycles. The Morgan fingerprint density at radius 3 is 2.75 bits per heavy atom. The van der Waals surface area contributed by atoms with Gasteiger partial charge >= 0.3 is 25.2 Å². The number of hydrogen-bond acceptors (Lipinski definition) is 5. The zero-order valence-corrected chi connectivity index (χ0v) is 12.2. The van der Waals surface area contributed by atoms with E-state index in [0.717, 1.165) is 0 Å². The van der Waals surface area contributed by atoms with Gasteiger partial charge in [-0.25, -0.2) is 4.98 Å². The summed E-state index contributed by atoms with van der Waals surface area (Å²) in [6.07, 6.45) is 3.11. The number of nitrogen functional groups attached to an aromatic ring is 1. The molecule has 0 aliphatic carbocycles. The van der Waals surface area contributed by atoms with Gasteiger partial charge in [0.15, 0.2) is 11.5 Å². The van der Waals surface area contributed by atoms with Gasteiger partial charge in [-0.3, -0.25) is 4.99 Å². The molecule has 20 heavy (non-hydrogen) atoms. The summed E-state index contributed by atoms with van der Waals surface area (Å²) in [7, 11) is 5.70. The Balaban J connectivity index is 0.000000956. The van der Waals surface area contributed by atoms with Crippen LogP contribution in [-0.4, -0.2) is 23.4 Å². The molecule has 1 heterocycles. The fourth-order valence-electron chi connectivity index (χ4n) is 1.47.